The second kappa shape index (κ2) is 5.31. The van der Waals surface area contributed by atoms with Gasteiger partial charge in [-0.05, 0) is 32.2 Å². The summed E-state index contributed by atoms with van der Waals surface area (Å²) >= 11 is 0. The lowest BCUT2D eigenvalue weighted by Gasteiger charge is -2.33. The van der Waals surface area contributed by atoms with Gasteiger partial charge in [-0.3, -0.25) is 4.79 Å². The molecule has 0 aromatic heterocycles. The van der Waals surface area contributed by atoms with E-state index in [0.717, 1.165) is 45.3 Å². The number of piperidine rings is 2. The summed E-state index contributed by atoms with van der Waals surface area (Å²) in [6.07, 6.45) is 4.99. The first-order chi connectivity index (χ1) is 7.81. The van der Waals surface area contributed by atoms with E-state index >= 15 is 0 Å². The summed E-state index contributed by atoms with van der Waals surface area (Å²) < 4.78 is 0. The van der Waals surface area contributed by atoms with Crippen LogP contribution in [0.25, 0.3) is 0 Å². The third kappa shape index (κ3) is 2.53. The molecule has 4 heteroatoms. The highest BCUT2D eigenvalue weighted by Gasteiger charge is 2.28. The van der Waals surface area contributed by atoms with E-state index in [-0.39, 0.29) is 17.9 Å². The van der Waals surface area contributed by atoms with Crippen LogP contribution >= 0.6 is 0 Å². The number of carbonyl (C=O) groups excluding carboxylic acids is 1. The van der Waals surface area contributed by atoms with E-state index in [4.69, 9.17) is 5.26 Å². The van der Waals surface area contributed by atoms with E-state index in [0.29, 0.717) is 0 Å². The minimum absolute atomic E-state index is 0.0346. The van der Waals surface area contributed by atoms with E-state index in [9.17, 15) is 4.79 Å². The fourth-order valence-corrected chi connectivity index (χ4v) is 2.51. The highest BCUT2D eigenvalue weighted by molar-refractivity contribution is 5.82. The third-order valence-electron chi connectivity index (χ3n) is 3.60. The molecule has 0 aromatic carbocycles. The molecule has 16 heavy (non-hydrogen) atoms. The first-order valence-corrected chi connectivity index (χ1v) is 6.23. The second-order valence-electron chi connectivity index (χ2n) is 4.73. The summed E-state index contributed by atoms with van der Waals surface area (Å²) in [7, 11) is 0. The Morgan fingerprint density at radius 2 is 2.00 bits per heavy atom. The van der Waals surface area contributed by atoms with Crippen molar-refractivity contribution < 1.29 is 4.79 Å². The van der Waals surface area contributed by atoms with Crippen molar-refractivity contribution in [2.75, 3.05) is 19.6 Å². The molecule has 2 rings (SSSR count). The molecule has 0 bridgehead atoms. The van der Waals surface area contributed by atoms with Crippen molar-refractivity contribution in [3.8, 4) is 6.07 Å². The molecular weight excluding hydrogens is 202 g/mol. The average Bonchev–Trinajstić information content (AvgIpc) is 2.39. The zero-order chi connectivity index (χ0) is 11.4. The van der Waals surface area contributed by atoms with Gasteiger partial charge in [-0.1, -0.05) is 6.42 Å². The van der Waals surface area contributed by atoms with Crippen LogP contribution in [0.5, 0.6) is 0 Å². The number of nitrogens with zero attached hydrogens (tertiary/aromatic N) is 2. The van der Waals surface area contributed by atoms with E-state index in [1.54, 1.807) is 0 Å². The van der Waals surface area contributed by atoms with Crippen LogP contribution in [0.3, 0.4) is 0 Å². The number of likely N-dealkylation sites (tertiary alicyclic amines) is 1. The molecule has 4 nitrogen and oxygen atoms in total. The van der Waals surface area contributed by atoms with E-state index in [2.05, 4.69) is 11.4 Å². The van der Waals surface area contributed by atoms with Crippen molar-refractivity contribution in [1.29, 1.82) is 5.26 Å². The Bertz CT molecular complexity index is 283. The molecular formula is C12H19N3O. The molecule has 2 aliphatic heterocycles. The van der Waals surface area contributed by atoms with Gasteiger partial charge in [-0.2, -0.15) is 5.26 Å². The van der Waals surface area contributed by atoms with Crippen molar-refractivity contribution in [2.45, 2.75) is 38.1 Å². The van der Waals surface area contributed by atoms with Gasteiger partial charge in [0.1, 0.15) is 0 Å². The predicted molar refractivity (Wildman–Crippen MR) is 60.6 cm³/mol. The van der Waals surface area contributed by atoms with Crippen molar-refractivity contribution in [1.82, 2.24) is 10.2 Å². The third-order valence-corrected chi connectivity index (χ3v) is 3.60. The van der Waals surface area contributed by atoms with E-state index in [1.165, 1.54) is 6.42 Å². The van der Waals surface area contributed by atoms with Crippen molar-refractivity contribution in [2.24, 2.45) is 5.92 Å². The lowest BCUT2D eigenvalue weighted by molar-refractivity contribution is -0.135. The Morgan fingerprint density at radius 3 is 2.56 bits per heavy atom. The molecule has 2 fully saturated rings. The molecule has 2 heterocycles. The van der Waals surface area contributed by atoms with E-state index in [1.807, 2.05) is 4.90 Å². The lowest BCUT2D eigenvalue weighted by atomic mass is 9.97. The molecule has 0 saturated carbocycles. The molecule has 1 atom stereocenters. The molecule has 1 amide bonds. The van der Waals surface area contributed by atoms with Crippen LogP contribution in [0, 0.1) is 17.2 Å². The first kappa shape index (κ1) is 11.4. The van der Waals surface area contributed by atoms with Gasteiger partial charge in [0.05, 0.1) is 12.1 Å². The molecule has 88 valence electrons. The average molecular weight is 221 g/mol. The number of amides is 1. The maximum Gasteiger partial charge on any atom is 0.239 e. The van der Waals surface area contributed by atoms with Crippen LogP contribution in [0.1, 0.15) is 32.1 Å². The number of hydrogen-bond donors (Lipinski definition) is 1. The largest absolute Gasteiger partial charge is 0.341 e. The van der Waals surface area contributed by atoms with Crippen LogP contribution < -0.4 is 5.32 Å². The quantitative estimate of drug-likeness (QED) is 0.715. The molecule has 2 saturated heterocycles. The molecule has 0 spiro atoms. The summed E-state index contributed by atoms with van der Waals surface area (Å²) in [6, 6.07) is 2.32. The van der Waals surface area contributed by atoms with Crippen LogP contribution in [-0.2, 0) is 4.79 Å². The Morgan fingerprint density at radius 1 is 1.25 bits per heavy atom. The van der Waals surface area contributed by atoms with Crippen LogP contribution in [0.4, 0.5) is 0 Å². The normalized spacial score (nSPS) is 27.4. The minimum atomic E-state index is 0.0346. The smallest absolute Gasteiger partial charge is 0.239 e. The highest BCUT2D eigenvalue weighted by atomic mass is 16.2. The van der Waals surface area contributed by atoms with Gasteiger partial charge >= 0.3 is 0 Å². The van der Waals surface area contributed by atoms with Gasteiger partial charge in [0, 0.05) is 19.0 Å². The van der Waals surface area contributed by atoms with Gasteiger partial charge < -0.3 is 10.2 Å². The van der Waals surface area contributed by atoms with Gasteiger partial charge in [0.15, 0.2) is 0 Å². The van der Waals surface area contributed by atoms with Crippen LogP contribution in [0.2, 0.25) is 0 Å². The molecule has 1 unspecified atom stereocenters. The van der Waals surface area contributed by atoms with Gasteiger partial charge in [-0.25, -0.2) is 0 Å². The Hall–Kier alpha value is -1.08. The number of hydrogen-bond acceptors (Lipinski definition) is 3. The SMILES string of the molecule is N#CC1CCN(C(=O)C2CCCCN2)CC1. The second-order valence-corrected chi connectivity index (χ2v) is 4.73. The summed E-state index contributed by atoms with van der Waals surface area (Å²) in [4.78, 5) is 14.1. The number of carbonyl (C=O) groups is 1. The lowest BCUT2D eigenvalue weighted by Crippen LogP contribution is -2.50. The van der Waals surface area contributed by atoms with Gasteiger partial charge in [0.25, 0.3) is 0 Å². The fraction of sp³-hybridized carbons (Fsp3) is 0.833. The molecule has 1 N–H and O–H groups in total. The summed E-state index contributed by atoms with van der Waals surface area (Å²) in [5, 5.41) is 12.1. The number of nitriles is 1. The number of rotatable bonds is 1. The Balaban J connectivity index is 1.84. The zero-order valence-corrected chi connectivity index (χ0v) is 9.61. The van der Waals surface area contributed by atoms with Crippen molar-refractivity contribution in [3.05, 3.63) is 0 Å². The topological polar surface area (TPSA) is 56.1 Å². The molecule has 2 aliphatic rings. The Kier molecular flexibility index (Phi) is 3.79. The number of nitrogens with one attached hydrogen (secondary N) is 1. The summed E-state index contributed by atoms with van der Waals surface area (Å²) in [6.45, 7) is 2.48. The van der Waals surface area contributed by atoms with Crippen LogP contribution in [0.15, 0.2) is 0 Å². The van der Waals surface area contributed by atoms with E-state index < -0.39 is 0 Å². The maximum atomic E-state index is 12.1. The van der Waals surface area contributed by atoms with Gasteiger partial charge in [-0.15, -0.1) is 0 Å². The molecule has 0 aliphatic carbocycles. The predicted octanol–water partition coefficient (Wildman–Crippen LogP) is 0.891. The van der Waals surface area contributed by atoms with Crippen molar-refractivity contribution in [3.63, 3.8) is 0 Å². The Labute approximate surface area is 96.6 Å². The van der Waals surface area contributed by atoms with Gasteiger partial charge in [0.2, 0.25) is 5.91 Å². The first-order valence-electron chi connectivity index (χ1n) is 6.23. The fourth-order valence-electron chi connectivity index (χ4n) is 2.51. The monoisotopic (exact) mass is 221 g/mol. The minimum Gasteiger partial charge on any atom is -0.341 e. The van der Waals surface area contributed by atoms with Crippen LogP contribution in [-0.4, -0.2) is 36.5 Å². The standard InChI is InChI=1S/C12H19N3O/c13-9-10-4-7-15(8-5-10)12(16)11-3-1-2-6-14-11/h10-11,14H,1-8H2. The molecule has 0 radical (unpaired) electrons. The zero-order valence-electron chi connectivity index (χ0n) is 9.61. The summed E-state index contributed by atoms with van der Waals surface area (Å²) in [5.74, 6) is 0.402. The maximum absolute atomic E-state index is 12.1. The summed E-state index contributed by atoms with van der Waals surface area (Å²) in [5.41, 5.74) is 0. The van der Waals surface area contributed by atoms with Crippen molar-refractivity contribution >= 4 is 5.91 Å². The highest BCUT2D eigenvalue weighted by Crippen LogP contribution is 2.18. The molecule has 0 aromatic rings.